The minimum absolute atomic E-state index is 0.0584. The molecule has 0 spiro atoms. The van der Waals surface area contributed by atoms with Crippen molar-refractivity contribution in [2.24, 2.45) is 0 Å². The molecule has 0 aromatic carbocycles. The molecule has 340 valence electrons. The van der Waals surface area contributed by atoms with E-state index >= 15 is 0 Å². The van der Waals surface area contributed by atoms with Crippen molar-refractivity contribution >= 4 is 5.91 Å². The fourth-order valence-corrected chi connectivity index (χ4v) is 8.48. The Morgan fingerprint density at radius 2 is 0.649 bits per heavy atom. The molecule has 0 bridgehead atoms. The highest BCUT2D eigenvalue weighted by Crippen LogP contribution is 2.18. The molecule has 0 aliphatic heterocycles. The van der Waals surface area contributed by atoms with Gasteiger partial charge in [0.25, 0.3) is 0 Å². The number of hydrogen-bond acceptors (Lipinski definition) is 3. The summed E-state index contributed by atoms with van der Waals surface area (Å²) < 4.78 is 0. The molecule has 4 nitrogen and oxygen atoms in total. The van der Waals surface area contributed by atoms with Crippen LogP contribution in [0.1, 0.15) is 303 Å². The van der Waals surface area contributed by atoms with E-state index in [1.54, 1.807) is 6.08 Å². The van der Waals surface area contributed by atoms with Crippen LogP contribution in [0, 0.1) is 0 Å². The van der Waals surface area contributed by atoms with Crippen molar-refractivity contribution in [3.63, 3.8) is 0 Å². The maximum atomic E-state index is 12.4. The molecular formula is C53H105NO3. The zero-order valence-corrected chi connectivity index (χ0v) is 39.1. The lowest BCUT2D eigenvalue weighted by Crippen LogP contribution is -2.45. The van der Waals surface area contributed by atoms with Crippen molar-refractivity contribution in [1.29, 1.82) is 0 Å². The van der Waals surface area contributed by atoms with Gasteiger partial charge in [-0.15, -0.1) is 0 Å². The fourth-order valence-electron chi connectivity index (χ4n) is 8.48. The zero-order chi connectivity index (χ0) is 41.4. The highest BCUT2D eigenvalue weighted by molar-refractivity contribution is 5.76. The lowest BCUT2D eigenvalue weighted by molar-refractivity contribution is -0.123. The van der Waals surface area contributed by atoms with Gasteiger partial charge in [-0.25, -0.2) is 0 Å². The Kier molecular flexibility index (Phi) is 48.7. The third-order valence-corrected chi connectivity index (χ3v) is 12.5. The van der Waals surface area contributed by atoms with Crippen molar-refractivity contribution < 1.29 is 15.0 Å². The largest absolute Gasteiger partial charge is 0.394 e. The molecule has 0 aromatic rings. The summed E-state index contributed by atoms with van der Waals surface area (Å²) in [6, 6.07) is -0.616. The van der Waals surface area contributed by atoms with Crippen LogP contribution in [0.3, 0.4) is 0 Å². The molecule has 0 saturated carbocycles. The summed E-state index contributed by atoms with van der Waals surface area (Å²) in [7, 11) is 0. The predicted molar refractivity (Wildman–Crippen MR) is 253 cm³/mol. The van der Waals surface area contributed by atoms with Crippen molar-refractivity contribution in [2.45, 2.75) is 315 Å². The van der Waals surface area contributed by atoms with Crippen molar-refractivity contribution in [2.75, 3.05) is 6.61 Å². The van der Waals surface area contributed by atoms with Crippen molar-refractivity contribution in [3.8, 4) is 0 Å². The van der Waals surface area contributed by atoms with Crippen LogP contribution in [0.2, 0.25) is 0 Å². The Balaban J connectivity index is 3.37. The number of nitrogens with one attached hydrogen (secondary N) is 1. The minimum atomic E-state index is -0.833. The lowest BCUT2D eigenvalue weighted by atomic mass is 10.0. The van der Waals surface area contributed by atoms with E-state index in [9.17, 15) is 15.0 Å². The van der Waals surface area contributed by atoms with Crippen molar-refractivity contribution in [1.82, 2.24) is 5.32 Å². The smallest absolute Gasteiger partial charge is 0.220 e. The average Bonchev–Trinajstić information content (AvgIpc) is 3.22. The minimum Gasteiger partial charge on any atom is -0.394 e. The van der Waals surface area contributed by atoms with E-state index in [1.165, 1.54) is 257 Å². The second kappa shape index (κ2) is 49.5. The predicted octanol–water partition coefficient (Wildman–Crippen LogP) is 17.0. The van der Waals surface area contributed by atoms with E-state index in [2.05, 4.69) is 19.2 Å². The summed E-state index contributed by atoms with van der Waals surface area (Å²) in [4.78, 5) is 12.4. The van der Waals surface area contributed by atoms with Gasteiger partial charge in [-0.3, -0.25) is 4.79 Å². The van der Waals surface area contributed by atoms with Crippen LogP contribution < -0.4 is 5.32 Å². The first kappa shape index (κ1) is 56.1. The van der Waals surface area contributed by atoms with E-state index in [1.807, 2.05) is 6.08 Å². The topological polar surface area (TPSA) is 69.6 Å². The molecule has 57 heavy (non-hydrogen) atoms. The quantitative estimate of drug-likeness (QED) is 0.0424. The summed E-state index contributed by atoms with van der Waals surface area (Å²) in [6.45, 7) is 4.33. The molecule has 0 unspecified atom stereocenters. The number of rotatable bonds is 49. The van der Waals surface area contributed by atoms with Gasteiger partial charge < -0.3 is 15.5 Å². The second-order valence-electron chi connectivity index (χ2n) is 18.3. The molecule has 0 aromatic heterocycles. The van der Waals surface area contributed by atoms with E-state index in [0.29, 0.717) is 6.42 Å². The molecule has 4 heteroatoms. The van der Waals surface area contributed by atoms with Crippen LogP contribution in [0.4, 0.5) is 0 Å². The molecule has 0 aliphatic rings. The summed E-state index contributed by atoms with van der Waals surface area (Å²) in [6.07, 6.45) is 63.8. The van der Waals surface area contributed by atoms with Crippen molar-refractivity contribution in [3.05, 3.63) is 12.2 Å². The van der Waals surface area contributed by atoms with E-state index in [4.69, 9.17) is 0 Å². The highest BCUT2D eigenvalue weighted by Gasteiger charge is 2.18. The van der Waals surface area contributed by atoms with Gasteiger partial charge in [0.2, 0.25) is 5.91 Å². The zero-order valence-electron chi connectivity index (χ0n) is 39.1. The molecule has 2 atom stereocenters. The number of aliphatic hydroxyl groups is 2. The van der Waals surface area contributed by atoms with Gasteiger partial charge >= 0.3 is 0 Å². The van der Waals surface area contributed by atoms with Gasteiger partial charge in [-0.2, -0.15) is 0 Å². The van der Waals surface area contributed by atoms with Crippen LogP contribution in [0.25, 0.3) is 0 Å². The highest BCUT2D eigenvalue weighted by atomic mass is 16.3. The fraction of sp³-hybridized carbons (Fsp3) is 0.943. The molecule has 1 amide bonds. The number of hydrogen-bond donors (Lipinski definition) is 3. The maximum absolute atomic E-state index is 12.4. The van der Waals surface area contributed by atoms with Gasteiger partial charge in [-0.05, 0) is 19.3 Å². The molecule has 0 saturated heterocycles. The first-order valence-corrected chi connectivity index (χ1v) is 26.4. The number of unbranched alkanes of at least 4 members (excludes halogenated alkanes) is 42. The average molecular weight is 804 g/mol. The van der Waals surface area contributed by atoms with Gasteiger partial charge in [-0.1, -0.05) is 289 Å². The number of amides is 1. The molecule has 0 aliphatic carbocycles. The lowest BCUT2D eigenvalue weighted by Gasteiger charge is -2.20. The Morgan fingerprint density at radius 1 is 0.404 bits per heavy atom. The first-order chi connectivity index (χ1) is 28.2. The number of carbonyl (C=O) groups excluding carboxylic acids is 1. The summed E-state index contributed by atoms with van der Waals surface area (Å²) in [5.41, 5.74) is 0. The van der Waals surface area contributed by atoms with Crippen LogP contribution in [0.15, 0.2) is 12.2 Å². The van der Waals surface area contributed by atoms with Crippen LogP contribution in [0.5, 0.6) is 0 Å². The third kappa shape index (κ3) is 46.1. The molecule has 0 heterocycles. The molecule has 3 N–H and O–H groups in total. The molecule has 0 radical (unpaired) electrons. The second-order valence-corrected chi connectivity index (χ2v) is 18.3. The number of carbonyl (C=O) groups is 1. The summed E-state index contributed by atoms with van der Waals surface area (Å²) in [5, 5.41) is 23.0. The van der Waals surface area contributed by atoms with Crippen LogP contribution in [-0.2, 0) is 4.79 Å². The molecule has 0 rings (SSSR count). The van der Waals surface area contributed by atoms with Gasteiger partial charge in [0.05, 0.1) is 18.8 Å². The Hall–Kier alpha value is -0.870. The summed E-state index contributed by atoms with van der Waals surface area (Å²) >= 11 is 0. The Morgan fingerprint density at radius 3 is 0.912 bits per heavy atom. The standard InChI is InChI=1S/C53H105NO3/c1-3-5-7-9-11-13-15-17-18-19-20-21-22-23-24-25-26-27-28-29-30-31-32-33-34-35-36-37-39-41-43-45-47-49-53(57)54-51(50-55)52(56)48-46-44-42-40-38-16-14-12-10-8-6-4-2/h46,48,51-52,55-56H,3-45,47,49-50H2,1-2H3,(H,54,57)/b48-46+/t51-,52+/m0/s1. The monoisotopic (exact) mass is 804 g/mol. The Bertz CT molecular complexity index is 784. The maximum Gasteiger partial charge on any atom is 0.220 e. The number of allylic oxidation sites excluding steroid dienone is 1. The first-order valence-electron chi connectivity index (χ1n) is 26.4. The third-order valence-electron chi connectivity index (χ3n) is 12.5. The van der Waals surface area contributed by atoms with Gasteiger partial charge in [0.1, 0.15) is 0 Å². The number of aliphatic hydroxyl groups excluding tert-OH is 2. The van der Waals surface area contributed by atoms with Gasteiger partial charge in [0.15, 0.2) is 0 Å². The van der Waals surface area contributed by atoms with Gasteiger partial charge in [0, 0.05) is 6.42 Å². The SMILES string of the molecule is CCCCCCCCCCCC/C=C/[C@@H](O)[C@H](CO)NC(=O)CCCCCCCCCCCCCCCCCCCCCCCCCCCCCCCCCCC. The van der Waals surface area contributed by atoms with Crippen LogP contribution in [-0.4, -0.2) is 34.9 Å². The summed E-state index contributed by atoms with van der Waals surface area (Å²) in [5.74, 6) is -0.0584. The van der Waals surface area contributed by atoms with E-state index < -0.39 is 12.1 Å². The Labute approximate surface area is 358 Å². The van der Waals surface area contributed by atoms with E-state index in [-0.39, 0.29) is 12.5 Å². The molecule has 0 fully saturated rings. The normalized spacial score (nSPS) is 12.8. The van der Waals surface area contributed by atoms with E-state index in [0.717, 1.165) is 25.7 Å². The van der Waals surface area contributed by atoms with Crippen LogP contribution >= 0.6 is 0 Å². The molecular weight excluding hydrogens is 699 g/mol.